The molecule has 11 heteroatoms. The van der Waals surface area contributed by atoms with Crippen LogP contribution in [-0.4, -0.2) is 34.9 Å². The molecular weight excluding hydrogens is 498 g/mol. The number of thiophene rings is 1. The number of thiocarbonyl (C=S) groups is 1. The van der Waals surface area contributed by atoms with Gasteiger partial charge in [-0.05, 0) is 73.4 Å². The van der Waals surface area contributed by atoms with E-state index in [1.54, 1.807) is 12.1 Å². The molecule has 1 aromatic carbocycles. The lowest BCUT2D eigenvalue weighted by molar-refractivity contribution is -0.384. The van der Waals surface area contributed by atoms with Gasteiger partial charge in [0.1, 0.15) is 10.7 Å². The van der Waals surface area contributed by atoms with E-state index < -0.39 is 16.7 Å². The third-order valence-corrected chi connectivity index (χ3v) is 8.45. The standard InChI is InChI=1S/C25H31N5O4S2/c1-25(2,3)15-7-8-16-19(13-15)36-23(20(16)21(26)31)28-24(35)27-22(32)14-6-9-17(18(12-14)30(33)34)29-10-4-5-11-29/h6,9,12,15H,4-5,7-8,10-11,13H2,1-3H3,(H2,26,31)(H2,27,28,32,35). The van der Waals surface area contributed by atoms with Crippen LogP contribution in [0.3, 0.4) is 0 Å². The Hall–Kier alpha value is -3.05. The number of nitro benzene ring substituents is 1. The molecule has 192 valence electrons. The van der Waals surface area contributed by atoms with Gasteiger partial charge < -0.3 is 16.0 Å². The molecule has 1 aliphatic carbocycles. The molecule has 4 rings (SSSR count). The van der Waals surface area contributed by atoms with Gasteiger partial charge in [-0.3, -0.25) is 25.0 Å². The number of rotatable bonds is 5. The van der Waals surface area contributed by atoms with Crippen LogP contribution in [-0.2, 0) is 12.8 Å². The Morgan fingerprint density at radius 1 is 1.25 bits per heavy atom. The van der Waals surface area contributed by atoms with Crippen LogP contribution in [0, 0.1) is 21.4 Å². The second-order valence-electron chi connectivity index (χ2n) is 10.4. The van der Waals surface area contributed by atoms with Crippen molar-refractivity contribution in [2.75, 3.05) is 23.3 Å². The molecular formula is C25H31N5O4S2. The minimum absolute atomic E-state index is 0.000240. The van der Waals surface area contributed by atoms with Crippen molar-refractivity contribution in [1.82, 2.24) is 5.32 Å². The van der Waals surface area contributed by atoms with Gasteiger partial charge in [-0.2, -0.15) is 0 Å². The van der Waals surface area contributed by atoms with Gasteiger partial charge in [0.2, 0.25) is 0 Å². The molecule has 4 N–H and O–H groups in total. The lowest BCUT2D eigenvalue weighted by Gasteiger charge is -2.33. The van der Waals surface area contributed by atoms with Gasteiger partial charge in [-0.1, -0.05) is 20.8 Å². The van der Waals surface area contributed by atoms with Gasteiger partial charge in [-0.15, -0.1) is 11.3 Å². The zero-order valence-electron chi connectivity index (χ0n) is 20.7. The topological polar surface area (TPSA) is 131 Å². The van der Waals surface area contributed by atoms with E-state index >= 15 is 0 Å². The van der Waals surface area contributed by atoms with Gasteiger partial charge in [0.25, 0.3) is 17.5 Å². The van der Waals surface area contributed by atoms with E-state index in [1.807, 2.05) is 4.90 Å². The Morgan fingerprint density at radius 3 is 2.56 bits per heavy atom. The van der Waals surface area contributed by atoms with Crippen LogP contribution in [0.5, 0.6) is 0 Å². The summed E-state index contributed by atoms with van der Waals surface area (Å²) in [4.78, 5) is 39.4. The van der Waals surface area contributed by atoms with E-state index in [0.29, 0.717) is 22.2 Å². The third kappa shape index (κ3) is 5.36. The van der Waals surface area contributed by atoms with E-state index in [9.17, 15) is 19.7 Å². The zero-order chi connectivity index (χ0) is 26.2. The van der Waals surface area contributed by atoms with Crippen molar-refractivity contribution in [3.8, 4) is 0 Å². The van der Waals surface area contributed by atoms with Crippen molar-refractivity contribution in [2.45, 2.75) is 52.9 Å². The minimum Gasteiger partial charge on any atom is -0.366 e. The average Bonchev–Trinajstić information content (AvgIpc) is 3.45. The molecule has 1 aromatic heterocycles. The molecule has 0 bridgehead atoms. The third-order valence-electron chi connectivity index (χ3n) is 7.07. The molecule has 2 aromatic rings. The first-order chi connectivity index (χ1) is 17.0. The summed E-state index contributed by atoms with van der Waals surface area (Å²) in [7, 11) is 0. The number of hydrogen-bond donors (Lipinski definition) is 3. The van der Waals surface area contributed by atoms with Crippen molar-refractivity contribution in [3.05, 3.63) is 49.9 Å². The number of nitrogens with one attached hydrogen (secondary N) is 2. The number of fused-ring (bicyclic) bond motifs is 1. The highest BCUT2D eigenvalue weighted by Gasteiger charge is 2.33. The molecule has 2 aliphatic rings. The van der Waals surface area contributed by atoms with Crippen molar-refractivity contribution in [1.29, 1.82) is 0 Å². The maximum atomic E-state index is 12.9. The summed E-state index contributed by atoms with van der Waals surface area (Å²) < 4.78 is 0. The number of primary amides is 1. The predicted octanol–water partition coefficient (Wildman–Crippen LogP) is 4.63. The number of nitrogens with two attached hydrogens (primary N) is 1. The number of anilines is 2. The number of carbonyl (C=O) groups is 2. The molecule has 36 heavy (non-hydrogen) atoms. The second kappa shape index (κ2) is 10.1. The summed E-state index contributed by atoms with van der Waals surface area (Å²) >= 11 is 6.79. The van der Waals surface area contributed by atoms with Crippen LogP contribution in [0.1, 0.15) is 71.2 Å². The molecule has 1 fully saturated rings. The first kappa shape index (κ1) is 26.0. The predicted molar refractivity (Wildman–Crippen MR) is 146 cm³/mol. The number of nitrogens with zero attached hydrogens (tertiary/aromatic N) is 2. The number of nitro groups is 1. The van der Waals surface area contributed by atoms with E-state index in [0.717, 1.165) is 55.6 Å². The van der Waals surface area contributed by atoms with Gasteiger partial charge >= 0.3 is 0 Å². The van der Waals surface area contributed by atoms with Crippen molar-refractivity contribution in [2.24, 2.45) is 17.1 Å². The summed E-state index contributed by atoms with van der Waals surface area (Å²) in [6, 6.07) is 4.44. The normalized spacial score (nSPS) is 17.4. The maximum Gasteiger partial charge on any atom is 0.293 e. The Bertz CT molecular complexity index is 1230. The largest absolute Gasteiger partial charge is 0.366 e. The number of amides is 2. The molecule has 1 saturated heterocycles. The average molecular weight is 530 g/mol. The summed E-state index contributed by atoms with van der Waals surface area (Å²) in [5.74, 6) is -0.618. The minimum atomic E-state index is -0.571. The summed E-state index contributed by atoms with van der Waals surface area (Å²) in [5, 5.41) is 17.7. The Kier molecular flexibility index (Phi) is 7.33. The fourth-order valence-corrected chi connectivity index (χ4v) is 6.62. The lowest BCUT2D eigenvalue weighted by Crippen LogP contribution is -2.34. The Labute approximate surface area is 219 Å². The Balaban J connectivity index is 1.50. The van der Waals surface area contributed by atoms with Gasteiger partial charge in [-0.25, -0.2) is 0 Å². The number of carbonyl (C=O) groups excluding carboxylic acids is 2. The highest BCUT2D eigenvalue weighted by atomic mass is 32.1. The highest BCUT2D eigenvalue weighted by molar-refractivity contribution is 7.80. The SMILES string of the molecule is CC(C)(C)C1CCc2c(sc(NC(=S)NC(=O)c3ccc(N4CCCC4)c([N+](=O)[O-])c3)c2C(N)=O)C1. The van der Waals surface area contributed by atoms with Crippen LogP contribution in [0.25, 0.3) is 0 Å². The molecule has 0 saturated carbocycles. The van der Waals surface area contributed by atoms with E-state index in [-0.39, 0.29) is 21.8 Å². The van der Waals surface area contributed by atoms with E-state index in [4.69, 9.17) is 18.0 Å². The first-order valence-corrected chi connectivity index (χ1v) is 13.3. The maximum absolute atomic E-state index is 12.9. The number of benzene rings is 1. The van der Waals surface area contributed by atoms with Gasteiger partial charge in [0.05, 0.1) is 10.5 Å². The van der Waals surface area contributed by atoms with E-state index in [1.165, 1.54) is 17.4 Å². The quantitative estimate of drug-likeness (QED) is 0.292. The van der Waals surface area contributed by atoms with Gasteiger partial charge in [0, 0.05) is 29.6 Å². The summed E-state index contributed by atoms with van der Waals surface area (Å²) in [6.45, 7) is 8.17. The Morgan fingerprint density at radius 2 is 1.94 bits per heavy atom. The molecule has 2 amide bonds. The molecule has 0 spiro atoms. The fraction of sp³-hybridized carbons (Fsp3) is 0.480. The van der Waals surface area contributed by atoms with Crippen molar-refractivity contribution >= 4 is 56.9 Å². The van der Waals surface area contributed by atoms with Gasteiger partial charge in [0.15, 0.2) is 5.11 Å². The van der Waals surface area contributed by atoms with Crippen LogP contribution in [0.15, 0.2) is 18.2 Å². The monoisotopic (exact) mass is 529 g/mol. The smallest absolute Gasteiger partial charge is 0.293 e. The van der Waals surface area contributed by atoms with Crippen molar-refractivity contribution in [3.63, 3.8) is 0 Å². The zero-order valence-corrected chi connectivity index (χ0v) is 22.3. The molecule has 9 nitrogen and oxygen atoms in total. The molecule has 2 heterocycles. The van der Waals surface area contributed by atoms with Crippen LogP contribution >= 0.6 is 23.6 Å². The highest BCUT2D eigenvalue weighted by Crippen LogP contribution is 2.44. The van der Waals surface area contributed by atoms with E-state index in [2.05, 4.69) is 31.4 Å². The fourth-order valence-electron chi connectivity index (χ4n) is 5.02. The van der Waals surface area contributed by atoms with Crippen molar-refractivity contribution < 1.29 is 14.5 Å². The second-order valence-corrected chi connectivity index (χ2v) is 12.0. The molecule has 1 unspecified atom stereocenters. The van der Waals surface area contributed by atoms with Crippen LogP contribution in [0.2, 0.25) is 0 Å². The van der Waals surface area contributed by atoms with Crippen LogP contribution in [0.4, 0.5) is 16.4 Å². The molecule has 1 aliphatic heterocycles. The summed E-state index contributed by atoms with van der Waals surface area (Å²) in [5.41, 5.74) is 7.77. The molecule has 1 atom stereocenters. The molecule has 0 radical (unpaired) electrons. The lowest BCUT2D eigenvalue weighted by atomic mass is 9.72. The number of hydrogen-bond acceptors (Lipinski definition) is 7. The van der Waals surface area contributed by atoms with Crippen LogP contribution < -0.4 is 21.3 Å². The summed E-state index contributed by atoms with van der Waals surface area (Å²) in [6.07, 6.45) is 4.56. The first-order valence-electron chi connectivity index (χ1n) is 12.1.